The van der Waals surface area contributed by atoms with Crippen LogP contribution in [-0.2, 0) is 9.53 Å². The molecular formula is C22H26Cl3N3O3S. The van der Waals surface area contributed by atoms with Gasteiger partial charge < -0.3 is 10.1 Å². The first-order valence-corrected chi connectivity index (χ1v) is 11.6. The van der Waals surface area contributed by atoms with Crippen LogP contribution in [0.3, 0.4) is 0 Å². The van der Waals surface area contributed by atoms with Crippen molar-refractivity contribution in [1.29, 1.82) is 0 Å². The molecule has 10 heteroatoms. The number of hydrogen-bond acceptors (Lipinski definition) is 7. The molecule has 3 rings (SSSR count). The molecule has 1 heterocycles. The quantitative estimate of drug-likeness (QED) is 0.230. The molecule has 0 radical (unpaired) electrons. The van der Waals surface area contributed by atoms with Crippen LogP contribution in [0.5, 0.6) is 0 Å². The molecule has 32 heavy (non-hydrogen) atoms. The molecular weight excluding hydrogens is 493 g/mol. The van der Waals surface area contributed by atoms with Gasteiger partial charge in [-0.25, -0.2) is 4.79 Å². The van der Waals surface area contributed by atoms with E-state index in [-0.39, 0.29) is 29.7 Å². The number of esters is 1. The molecule has 174 valence electrons. The Morgan fingerprint density at radius 2 is 1.81 bits per heavy atom. The van der Waals surface area contributed by atoms with E-state index in [1.54, 1.807) is 25.1 Å². The van der Waals surface area contributed by atoms with Crippen molar-refractivity contribution in [3.05, 3.63) is 63.0 Å². The second-order valence-electron chi connectivity index (χ2n) is 7.62. The van der Waals surface area contributed by atoms with Gasteiger partial charge in [-0.05, 0) is 44.9 Å². The van der Waals surface area contributed by atoms with Crippen LogP contribution in [0.15, 0.2) is 47.0 Å². The Labute approximate surface area is 208 Å². The summed E-state index contributed by atoms with van der Waals surface area (Å²) < 4.78 is 8.23. The third-order valence-corrected chi connectivity index (χ3v) is 7.02. The SMILES string of the molecule is CCOC(=O)C(c1ccccc1Nc1c(Cl)cccc1Cl)N1CCC(C)(SN=O)CC1.Cl. The van der Waals surface area contributed by atoms with Gasteiger partial charge in [-0.2, -0.15) is 0 Å². The predicted octanol–water partition coefficient (Wildman–Crippen LogP) is 7.03. The summed E-state index contributed by atoms with van der Waals surface area (Å²) >= 11 is 13.8. The van der Waals surface area contributed by atoms with Crippen LogP contribution in [-0.4, -0.2) is 35.3 Å². The largest absolute Gasteiger partial charge is 0.465 e. The fourth-order valence-corrected chi connectivity index (χ4v) is 4.77. The Bertz CT molecular complexity index is 919. The maximum Gasteiger partial charge on any atom is 0.328 e. The number of piperidine rings is 1. The summed E-state index contributed by atoms with van der Waals surface area (Å²) in [6, 6.07) is 12.3. The first kappa shape index (κ1) is 26.7. The normalized spacial score (nSPS) is 16.5. The summed E-state index contributed by atoms with van der Waals surface area (Å²) in [7, 11) is 0. The van der Waals surface area contributed by atoms with E-state index >= 15 is 0 Å². The number of carbonyl (C=O) groups excluding carboxylic acids is 1. The number of para-hydroxylation sites is 2. The van der Waals surface area contributed by atoms with E-state index in [9.17, 15) is 9.70 Å². The van der Waals surface area contributed by atoms with Gasteiger partial charge in [0.2, 0.25) is 0 Å². The average molecular weight is 519 g/mol. The highest BCUT2D eigenvalue weighted by Crippen LogP contribution is 2.41. The number of benzene rings is 2. The Kier molecular flexibility index (Phi) is 10.1. The smallest absolute Gasteiger partial charge is 0.328 e. The Morgan fingerprint density at radius 3 is 2.41 bits per heavy atom. The van der Waals surface area contributed by atoms with E-state index in [1.165, 1.54) is 0 Å². The van der Waals surface area contributed by atoms with E-state index in [1.807, 2.05) is 31.2 Å². The first-order valence-electron chi connectivity index (χ1n) is 10.1. The number of ether oxygens (including phenoxy) is 1. The zero-order chi connectivity index (χ0) is 22.4. The standard InChI is InChI=1S/C22H25Cl2N3O3S.ClH/c1-3-30-21(28)20(27-13-11-22(2,12-14-27)31-26-29)15-7-4-5-10-18(15)25-19-16(23)8-6-9-17(19)24;/h4-10,20,25H,3,11-14H2,1-2H3;1H. The van der Waals surface area contributed by atoms with Gasteiger partial charge in [0.05, 0.1) is 22.3 Å². The molecule has 1 unspecified atom stereocenters. The number of nitrogens with one attached hydrogen (secondary N) is 1. The van der Waals surface area contributed by atoms with E-state index in [4.69, 9.17) is 27.9 Å². The van der Waals surface area contributed by atoms with Crippen molar-refractivity contribution in [2.45, 2.75) is 37.5 Å². The molecule has 0 aromatic heterocycles. The average Bonchev–Trinajstić information content (AvgIpc) is 2.74. The molecule has 1 aliphatic heterocycles. The highest BCUT2D eigenvalue weighted by atomic mass is 35.5. The minimum absolute atomic E-state index is 0. The number of rotatable bonds is 8. The Morgan fingerprint density at radius 1 is 1.19 bits per heavy atom. The van der Waals surface area contributed by atoms with Crippen molar-refractivity contribution in [3.63, 3.8) is 0 Å². The van der Waals surface area contributed by atoms with Crippen LogP contribution in [0, 0.1) is 4.91 Å². The lowest BCUT2D eigenvalue weighted by atomic mass is 9.94. The van der Waals surface area contributed by atoms with Crippen LogP contribution in [0.4, 0.5) is 11.4 Å². The molecule has 0 aliphatic carbocycles. The lowest BCUT2D eigenvalue weighted by Crippen LogP contribution is -2.45. The second-order valence-corrected chi connectivity index (χ2v) is 9.75. The number of hydrogen-bond donors (Lipinski definition) is 1. The molecule has 1 atom stereocenters. The molecule has 0 saturated carbocycles. The summed E-state index contributed by atoms with van der Waals surface area (Å²) in [5.41, 5.74) is 2.09. The summed E-state index contributed by atoms with van der Waals surface area (Å²) in [6.45, 7) is 5.40. The van der Waals surface area contributed by atoms with Crippen LogP contribution >= 0.6 is 47.6 Å². The molecule has 0 amide bonds. The van der Waals surface area contributed by atoms with Crippen LogP contribution < -0.4 is 5.32 Å². The lowest BCUT2D eigenvalue weighted by Gasteiger charge is -2.40. The van der Waals surface area contributed by atoms with Crippen LogP contribution in [0.2, 0.25) is 10.0 Å². The van der Waals surface area contributed by atoms with Gasteiger partial charge >= 0.3 is 5.97 Å². The van der Waals surface area contributed by atoms with Crippen molar-refractivity contribution < 1.29 is 9.53 Å². The number of likely N-dealkylation sites (tertiary alicyclic amines) is 1. The van der Waals surface area contributed by atoms with Crippen molar-refractivity contribution in [2.24, 2.45) is 4.58 Å². The zero-order valence-electron chi connectivity index (χ0n) is 17.8. The van der Waals surface area contributed by atoms with Gasteiger partial charge in [-0.1, -0.05) is 47.5 Å². The Balaban J connectivity index is 0.00000363. The fourth-order valence-electron chi connectivity index (χ4n) is 3.73. The predicted molar refractivity (Wildman–Crippen MR) is 135 cm³/mol. The third-order valence-electron chi connectivity index (χ3n) is 5.47. The van der Waals surface area contributed by atoms with E-state index < -0.39 is 6.04 Å². The highest BCUT2D eigenvalue weighted by Gasteiger charge is 2.38. The van der Waals surface area contributed by atoms with Crippen molar-refractivity contribution >= 4 is 64.9 Å². The fraction of sp³-hybridized carbons (Fsp3) is 0.409. The maximum atomic E-state index is 13.1. The summed E-state index contributed by atoms with van der Waals surface area (Å²) in [4.78, 5) is 25.9. The molecule has 1 fully saturated rings. The number of carbonyl (C=O) groups is 1. The monoisotopic (exact) mass is 517 g/mol. The van der Waals surface area contributed by atoms with Gasteiger partial charge in [-0.15, -0.1) is 17.3 Å². The summed E-state index contributed by atoms with van der Waals surface area (Å²) in [5, 5.41) is 4.28. The molecule has 2 aromatic rings. The summed E-state index contributed by atoms with van der Waals surface area (Å²) in [6.07, 6.45) is 1.48. The van der Waals surface area contributed by atoms with Crippen molar-refractivity contribution in [2.75, 3.05) is 25.0 Å². The second kappa shape index (κ2) is 12.1. The number of anilines is 2. The Hall–Kier alpha value is -1.51. The van der Waals surface area contributed by atoms with Gasteiger partial charge in [-0.3, -0.25) is 4.90 Å². The minimum atomic E-state index is -0.594. The topological polar surface area (TPSA) is 71.0 Å². The zero-order valence-corrected chi connectivity index (χ0v) is 21.0. The number of halogens is 3. The molecule has 1 saturated heterocycles. The van der Waals surface area contributed by atoms with Gasteiger partial charge in [0, 0.05) is 45.6 Å². The van der Waals surface area contributed by atoms with E-state index in [0.29, 0.717) is 28.8 Å². The number of nitroso groups, excluding NO2 is 1. The highest BCUT2D eigenvalue weighted by molar-refractivity contribution is 7.99. The molecule has 2 aromatic carbocycles. The molecule has 1 N–H and O–H groups in total. The third kappa shape index (κ3) is 6.29. The first-order chi connectivity index (χ1) is 14.9. The van der Waals surface area contributed by atoms with Crippen LogP contribution in [0.25, 0.3) is 0 Å². The van der Waals surface area contributed by atoms with Crippen molar-refractivity contribution in [1.82, 2.24) is 4.90 Å². The van der Waals surface area contributed by atoms with Gasteiger partial charge in [0.1, 0.15) is 6.04 Å². The van der Waals surface area contributed by atoms with Crippen LogP contribution in [0.1, 0.15) is 38.3 Å². The lowest BCUT2D eigenvalue weighted by molar-refractivity contribution is -0.150. The van der Waals surface area contributed by atoms with E-state index in [2.05, 4.69) is 14.8 Å². The molecule has 1 aliphatic rings. The number of nitrogens with zero attached hydrogens (tertiary/aromatic N) is 2. The van der Waals surface area contributed by atoms with Gasteiger partial charge in [0.25, 0.3) is 0 Å². The molecule has 0 bridgehead atoms. The minimum Gasteiger partial charge on any atom is -0.465 e. The molecule has 6 nitrogen and oxygen atoms in total. The maximum absolute atomic E-state index is 13.1. The molecule has 0 spiro atoms. The van der Waals surface area contributed by atoms with Gasteiger partial charge in [0.15, 0.2) is 0 Å². The van der Waals surface area contributed by atoms with E-state index in [0.717, 1.165) is 36.0 Å². The van der Waals surface area contributed by atoms with Crippen molar-refractivity contribution in [3.8, 4) is 0 Å². The summed E-state index contributed by atoms with van der Waals surface area (Å²) in [5.74, 6) is -0.313.